The normalized spacial score (nSPS) is 14.2. The van der Waals surface area contributed by atoms with Crippen molar-refractivity contribution in [3.63, 3.8) is 0 Å². The van der Waals surface area contributed by atoms with Crippen molar-refractivity contribution in [3.05, 3.63) is 88.5 Å². The first-order chi connectivity index (χ1) is 16.1. The summed E-state index contributed by atoms with van der Waals surface area (Å²) in [5.41, 5.74) is 10.8. The van der Waals surface area contributed by atoms with E-state index >= 15 is 0 Å². The number of hydrogen-bond donors (Lipinski definition) is 2. The Morgan fingerprint density at radius 2 is 1.79 bits per heavy atom. The molecule has 3 N–H and O–H groups in total. The van der Waals surface area contributed by atoms with Gasteiger partial charge in [0, 0.05) is 18.3 Å². The zero-order valence-electron chi connectivity index (χ0n) is 19.2. The number of carbonyl (C=O) groups excluding carboxylic acids is 1. The van der Waals surface area contributed by atoms with Crippen LogP contribution in [0.4, 0.5) is 0 Å². The summed E-state index contributed by atoms with van der Waals surface area (Å²) in [7, 11) is 0. The van der Waals surface area contributed by atoms with Crippen molar-refractivity contribution >= 4 is 5.91 Å². The summed E-state index contributed by atoms with van der Waals surface area (Å²) in [6.07, 6.45) is 6.85. The van der Waals surface area contributed by atoms with Gasteiger partial charge in [-0.3, -0.25) is 4.79 Å². The zero-order valence-corrected chi connectivity index (χ0v) is 19.2. The molecule has 6 nitrogen and oxygen atoms in total. The van der Waals surface area contributed by atoms with Gasteiger partial charge in [0.1, 0.15) is 17.7 Å². The molecule has 0 unspecified atom stereocenters. The highest BCUT2D eigenvalue weighted by Crippen LogP contribution is 2.19. The monoisotopic (exact) mass is 444 g/mol. The maximum atomic E-state index is 11.4. The fourth-order valence-corrected chi connectivity index (χ4v) is 4.25. The number of ether oxygens (including phenoxy) is 1. The molecule has 2 aromatic carbocycles. The molecule has 4 rings (SSSR count). The molecule has 1 aliphatic heterocycles. The predicted octanol–water partition coefficient (Wildman–Crippen LogP) is 3.32. The fraction of sp³-hybridized carbons (Fsp3) is 0.370. The van der Waals surface area contributed by atoms with Gasteiger partial charge in [-0.1, -0.05) is 36.4 Å². The van der Waals surface area contributed by atoms with Gasteiger partial charge < -0.3 is 15.8 Å². The average Bonchev–Trinajstić information content (AvgIpc) is 2.82. The van der Waals surface area contributed by atoms with Crippen LogP contribution >= 0.6 is 0 Å². The summed E-state index contributed by atoms with van der Waals surface area (Å²) in [5.74, 6) is 1.42. The minimum Gasteiger partial charge on any atom is -0.490 e. The third kappa shape index (κ3) is 6.62. The third-order valence-electron chi connectivity index (χ3n) is 6.12. The van der Waals surface area contributed by atoms with Gasteiger partial charge in [0.2, 0.25) is 5.91 Å². The minimum atomic E-state index is -0.310. The molecule has 6 heteroatoms. The maximum absolute atomic E-state index is 11.4. The molecule has 1 amide bonds. The lowest BCUT2D eigenvalue weighted by Gasteiger charge is -2.23. The Labute approximate surface area is 195 Å². The summed E-state index contributed by atoms with van der Waals surface area (Å²) in [6.45, 7) is 4.08. The van der Waals surface area contributed by atoms with Crippen molar-refractivity contribution in [3.8, 4) is 5.75 Å². The van der Waals surface area contributed by atoms with Gasteiger partial charge in [-0.25, -0.2) is 9.97 Å². The molecule has 0 spiro atoms. The van der Waals surface area contributed by atoms with E-state index in [2.05, 4.69) is 28.5 Å². The fourth-order valence-electron chi connectivity index (χ4n) is 4.25. The lowest BCUT2D eigenvalue weighted by atomic mass is 9.98. The Balaban J connectivity index is 1.39. The summed E-state index contributed by atoms with van der Waals surface area (Å²) >= 11 is 0. The molecule has 1 aromatic heterocycles. The molecule has 2 heterocycles. The van der Waals surface area contributed by atoms with Crippen LogP contribution in [0.15, 0.2) is 54.7 Å². The van der Waals surface area contributed by atoms with Gasteiger partial charge in [0.05, 0.1) is 6.42 Å². The predicted molar refractivity (Wildman–Crippen MR) is 129 cm³/mol. The maximum Gasteiger partial charge on any atom is 0.221 e. The molecule has 1 fully saturated rings. The Morgan fingerprint density at radius 1 is 1.06 bits per heavy atom. The van der Waals surface area contributed by atoms with Crippen LogP contribution in [-0.2, 0) is 30.5 Å². The number of primary amides is 1. The summed E-state index contributed by atoms with van der Waals surface area (Å²) in [5, 5.41) is 3.36. The van der Waals surface area contributed by atoms with E-state index in [4.69, 9.17) is 15.5 Å². The lowest BCUT2D eigenvalue weighted by molar-refractivity contribution is -0.117. The largest absolute Gasteiger partial charge is 0.490 e. The van der Waals surface area contributed by atoms with Crippen molar-refractivity contribution in [2.24, 2.45) is 5.73 Å². The van der Waals surface area contributed by atoms with Gasteiger partial charge >= 0.3 is 0 Å². The highest BCUT2D eigenvalue weighted by molar-refractivity contribution is 5.77. The molecule has 0 aliphatic carbocycles. The Hall–Kier alpha value is -3.25. The van der Waals surface area contributed by atoms with Crippen LogP contribution in [-0.4, -0.2) is 35.1 Å². The van der Waals surface area contributed by atoms with Gasteiger partial charge in [-0.2, -0.15) is 0 Å². The zero-order chi connectivity index (χ0) is 23.0. The van der Waals surface area contributed by atoms with Crippen LogP contribution in [0.25, 0.3) is 0 Å². The molecule has 1 saturated heterocycles. The summed E-state index contributed by atoms with van der Waals surface area (Å²) < 4.78 is 6.10. The quantitative estimate of drug-likeness (QED) is 0.528. The third-order valence-corrected chi connectivity index (χ3v) is 6.12. The second-order valence-corrected chi connectivity index (χ2v) is 8.72. The first-order valence-electron chi connectivity index (χ1n) is 11.7. The Kier molecular flexibility index (Phi) is 7.68. The van der Waals surface area contributed by atoms with E-state index in [9.17, 15) is 4.79 Å². The van der Waals surface area contributed by atoms with Crippen LogP contribution in [0.5, 0.6) is 5.75 Å². The molecule has 0 radical (unpaired) electrons. The number of hydrogen-bond acceptors (Lipinski definition) is 5. The number of piperidine rings is 1. The number of nitrogens with one attached hydrogen (secondary N) is 1. The summed E-state index contributed by atoms with van der Waals surface area (Å²) in [6, 6.07) is 16.2. The number of nitrogens with two attached hydrogens (primary N) is 1. The average molecular weight is 445 g/mol. The molecule has 0 atom stereocenters. The van der Waals surface area contributed by atoms with Gasteiger partial charge in [0.15, 0.2) is 0 Å². The SMILES string of the molecule is Cc1cnc(Cc2ccc(OC3CCNCC3)cc2)nc1CCc1ccccc1CC(N)=O. The lowest BCUT2D eigenvalue weighted by Crippen LogP contribution is -2.34. The van der Waals surface area contributed by atoms with Crippen LogP contribution in [0.3, 0.4) is 0 Å². The van der Waals surface area contributed by atoms with E-state index in [1.165, 1.54) is 0 Å². The first-order valence-corrected chi connectivity index (χ1v) is 11.7. The first kappa shape index (κ1) is 22.9. The highest BCUT2D eigenvalue weighted by atomic mass is 16.5. The number of aryl methyl sites for hydroxylation is 3. The molecular formula is C27H32N4O2. The topological polar surface area (TPSA) is 90.1 Å². The van der Waals surface area contributed by atoms with E-state index in [1.807, 2.05) is 43.5 Å². The van der Waals surface area contributed by atoms with Gasteiger partial charge in [-0.15, -0.1) is 0 Å². The van der Waals surface area contributed by atoms with Gasteiger partial charge in [0.25, 0.3) is 0 Å². The van der Waals surface area contributed by atoms with E-state index < -0.39 is 0 Å². The standard InChI is InChI=1S/C27H32N4O2/c1-19-18-30-27(16-20-6-9-23(10-7-20)33-24-12-14-29-15-13-24)31-25(19)11-8-21-4-2-3-5-22(21)17-26(28)32/h2-7,9-10,18,24,29H,8,11-17H2,1H3,(H2,28,32). The van der Waals surface area contributed by atoms with E-state index in [0.717, 1.165) is 78.3 Å². The number of rotatable bonds is 9. The van der Waals surface area contributed by atoms with Crippen molar-refractivity contribution in [1.82, 2.24) is 15.3 Å². The molecule has 1 aliphatic rings. The Morgan fingerprint density at radius 3 is 2.52 bits per heavy atom. The molecule has 33 heavy (non-hydrogen) atoms. The second-order valence-electron chi connectivity index (χ2n) is 8.72. The van der Waals surface area contributed by atoms with Crippen molar-refractivity contribution in [1.29, 1.82) is 0 Å². The van der Waals surface area contributed by atoms with Crippen molar-refractivity contribution in [2.45, 2.75) is 51.6 Å². The Bertz CT molecular complexity index is 1080. The molecular weight excluding hydrogens is 412 g/mol. The molecule has 172 valence electrons. The number of nitrogens with zero attached hydrogens (tertiary/aromatic N) is 2. The second kappa shape index (κ2) is 11.1. The molecule has 0 bridgehead atoms. The number of benzene rings is 2. The smallest absolute Gasteiger partial charge is 0.221 e. The number of aromatic nitrogens is 2. The molecule has 3 aromatic rings. The van der Waals surface area contributed by atoms with Crippen molar-refractivity contribution in [2.75, 3.05) is 13.1 Å². The van der Waals surface area contributed by atoms with Gasteiger partial charge in [-0.05, 0) is 80.1 Å². The number of carbonyl (C=O) groups is 1. The van der Waals surface area contributed by atoms with Crippen LogP contribution < -0.4 is 15.8 Å². The number of amides is 1. The molecule has 0 saturated carbocycles. The van der Waals surface area contributed by atoms with Crippen molar-refractivity contribution < 1.29 is 9.53 Å². The summed E-state index contributed by atoms with van der Waals surface area (Å²) in [4.78, 5) is 20.8. The van der Waals surface area contributed by atoms with E-state index in [-0.39, 0.29) is 12.3 Å². The van der Waals surface area contributed by atoms with Crippen LogP contribution in [0, 0.1) is 6.92 Å². The van der Waals surface area contributed by atoms with Crippen LogP contribution in [0.1, 0.15) is 46.6 Å². The highest BCUT2D eigenvalue weighted by Gasteiger charge is 2.14. The van der Waals surface area contributed by atoms with E-state index in [1.54, 1.807) is 0 Å². The minimum absolute atomic E-state index is 0.265. The van der Waals surface area contributed by atoms with Crippen LogP contribution in [0.2, 0.25) is 0 Å². The van der Waals surface area contributed by atoms with E-state index in [0.29, 0.717) is 12.5 Å².